The molecular formula is C11H7BrO2. The van der Waals surface area contributed by atoms with Crippen LogP contribution in [0.3, 0.4) is 0 Å². The van der Waals surface area contributed by atoms with Gasteiger partial charge in [0.05, 0.1) is 0 Å². The third kappa shape index (κ3) is 1.63. The number of allylic oxidation sites excluding steroid dienone is 1. The molecule has 70 valence electrons. The van der Waals surface area contributed by atoms with Gasteiger partial charge < -0.3 is 4.74 Å². The van der Waals surface area contributed by atoms with E-state index in [1.807, 2.05) is 30.3 Å². The van der Waals surface area contributed by atoms with Gasteiger partial charge in [-0.15, -0.1) is 0 Å². The SMILES string of the molecule is O=C1C=C(c2ccccc2)C(=CBr)O1. The van der Waals surface area contributed by atoms with E-state index in [0.29, 0.717) is 5.76 Å². The second kappa shape index (κ2) is 3.80. The smallest absolute Gasteiger partial charge is 0.336 e. The van der Waals surface area contributed by atoms with Gasteiger partial charge in [0, 0.05) is 16.6 Å². The summed E-state index contributed by atoms with van der Waals surface area (Å²) in [5.41, 5.74) is 1.79. The van der Waals surface area contributed by atoms with Crippen LogP contribution in [0, 0.1) is 0 Å². The molecule has 2 rings (SSSR count). The van der Waals surface area contributed by atoms with Crippen LogP contribution >= 0.6 is 15.9 Å². The van der Waals surface area contributed by atoms with Gasteiger partial charge in [-0.2, -0.15) is 0 Å². The first-order valence-electron chi connectivity index (χ1n) is 4.11. The molecule has 0 N–H and O–H groups in total. The Labute approximate surface area is 90.0 Å². The van der Waals surface area contributed by atoms with Gasteiger partial charge in [-0.3, -0.25) is 0 Å². The van der Waals surface area contributed by atoms with E-state index in [4.69, 9.17) is 4.74 Å². The standard InChI is InChI=1S/C11H7BrO2/c12-7-10-9(6-11(13)14-10)8-4-2-1-3-5-8/h1-7H. The molecule has 1 aromatic rings. The lowest BCUT2D eigenvalue weighted by Gasteiger charge is -2.02. The summed E-state index contributed by atoms with van der Waals surface area (Å²) in [5.74, 6) is 0.232. The number of carbonyl (C=O) groups excluding carboxylic acids is 1. The van der Waals surface area contributed by atoms with Gasteiger partial charge in [-0.25, -0.2) is 4.79 Å². The van der Waals surface area contributed by atoms with Crippen LogP contribution in [0.4, 0.5) is 0 Å². The summed E-state index contributed by atoms with van der Waals surface area (Å²) in [7, 11) is 0. The van der Waals surface area contributed by atoms with Gasteiger partial charge in [0.15, 0.2) is 0 Å². The molecule has 0 saturated carbocycles. The van der Waals surface area contributed by atoms with Crippen molar-refractivity contribution in [3.8, 4) is 0 Å². The summed E-state index contributed by atoms with van der Waals surface area (Å²) in [5, 5.41) is 0. The van der Waals surface area contributed by atoms with Crippen molar-refractivity contribution in [3.05, 3.63) is 52.7 Å². The fourth-order valence-electron chi connectivity index (χ4n) is 1.31. The quantitative estimate of drug-likeness (QED) is 0.717. The molecule has 0 spiro atoms. The number of ether oxygens (including phenoxy) is 1. The van der Waals surface area contributed by atoms with Crippen LogP contribution < -0.4 is 0 Å². The molecule has 0 aromatic heterocycles. The first-order valence-corrected chi connectivity index (χ1v) is 5.02. The summed E-state index contributed by atoms with van der Waals surface area (Å²) in [6.07, 6.45) is 1.49. The van der Waals surface area contributed by atoms with Gasteiger partial charge in [0.25, 0.3) is 0 Å². The number of carbonyl (C=O) groups is 1. The Morgan fingerprint density at radius 3 is 2.57 bits per heavy atom. The highest BCUT2D eigenvalue weighted by Gasteiger charge is 2.20. The molecule has 1 aromatic carbocycles. The van der Waals surface area contributed by atoms with Crippen LogP contribution in [0.5, 0.6) is 0 Å². The summed E-state index contributed by atoms with van der Waals surface area (Å²) in [6, 6.07) is 9.64. The third-order valence-corrected chi connectivity index (χ3v) is 2.34. The van der Waals surface area contributed by atoms with Gasteiger partial charge in [-0.1, -0.05) is 46.3 Å². The van der Waals surface area contributed by atoms with E-state index in [1.54, 1.807) is 4.99 Å². The molecule has 1 aliphatic heterocycles. The van der Waals surface area contributed by atoms with Gasteiger partial charge in [0.2, 0.25) is 0 Å². The molecule has 1 heterocycles. The number of esters is 1. The first kappa shape index (κ1) is 9.21. The maximum atomic E-state index is 11.0. The fraction of sp³-hybridized carbons (Fsp3) is 0. The second-order valence-corrected chi connectivity index (χ2v) is 3.28. The average molecular weight is 251 g/mol. The normalized spacial score (nSPS) is 18.2. The Kier molecular flexibility index (Phi) is 2.50. The number of hydrogen-bond donors (Lipinski definition) is 0. The van der Waals surface area contributed by atoms with Crippen molar-refractivity contribution in [2.45, 2.75) is 0 Å². The molecule has 1 aliphatic rings. The van der Waals surface area contributed by atoms with Crippen molar-refractivity contribution in [2.24, 2.45) is 0 Å². The predicted octanol–water partition coefficient (Wildman–Crippen LogP) is 2.86. The zero-order valence-corrected chi connectivity index (χ0v) is 8.82. The highest BCUT2D eigenvalue weighted by atomic mass is 79.9. The van der Waals surface area contributed by atoms with E-state index >= 15 is 0 Å². The molecule has 0 saturated heterocycles. The molecule has 0 fully saturated rings. The van der Waals surface area contributed by atoms with E-state index in [1.165, 1.54) is 6.08 Å². The molecule has 14 heavy (non-hydrogen) atoms. The number of halogens is 1. The molecule has 0 unspecified atom stereocenters. The van der Waals surface area contributed by atoms with E-state index in [-0.39, 0.29) is 5.97 Å². The lowest BCUT2D eigenvalue weighted by Crippen LogP contribution is -1.89. The van der Waals surface area contributed by atoms with E-state index in [0.717, 1.165) is 11.1 Å². The Balaban J connectivity index is 2.44. The largest absolute Gasteiger partial charge is 0.422 e. The van der Waals surface area contributed by atoms with E-state index < -0.39 is 0 Å². The van der Waals surface area contributed by atoms with Crippen LogP contribution in [-0.4, -0.2) is 5.97 Å². The lowest BCUT2D eigenvalue weighted by atomic mass is 10.1. The van der Waals surface area contributed by atoms with Crippen molar-refractivity contribution in [2.75, 3.05) is 0 Å². The zero-order valence-electron chi connectivity index (χ0n) is 7.24. The van der Waals surface area contributed by atoms with E-state index in [2.05, 4.69) is 15.9 Å². The Morgan fingerprint density at radius 2 is 1.93 bits per heavy atom. The average Bonchev–Trinajstić information content (AvgIpc) is 2.61. The molecule has 0 bridgehead atoms. The Morgan fingerprint density at radius 1 is 1.21 bits per heavy atom. The minimum Gasteiger partial charge on any atom is -0.422 e. The summed E-state index contributed by atoms with van der Waals surface area (Å²) in [6.45, 7) is 0. The number of benzene rings is 1. The van der Waals surface area contributed by atoms with Crippen LogP contribution in [0.1, 0.15) is 5.56 Å². The molecule has 0 amide bonds. The zero-order chi connectivity index (χ0) is 9.97. The fourth-order valence-corrected chi connectivity index (χ4v) is 1.65. The van der Waals surface area contributed by atoms with Gasteiger partial charge >= 0.3 is 5.97 Å². The van der Waals surface area contributed by atoms with Crippen molar-refractivity contribution in [1.29, 1.82) is 0 Å². The maximum absolute atomic E-state index is 11.0. The topological polar surface area (TPSA) is 26.3 Å². The highest BCUT2D eigenvalue weighted by Crippen LogP contribution is 2.29. The minimum atomic E-state index is -0.324. The third-order valence-electron chi connectivity index (χ3n) is 1.92. The molecule has 0 aliphatic carbocycles. The monoisotopic (exact) mass is 250 g/mol. The Hall–Kier alpha value is -1.35. The number of cyclic esters (lactones) is 1. The van der Waals surface area contributed by atoms with Crippen molar-refractivity contribution >= 4 is 27.5 Å². The maximum Gasteiger partial charge on any atom is 0.336 e. The Bertz CT molecular complexity index is 418. The minimum absolute atomic E-state index is 0.324. The van der Waals surface area contributed by atoms with Crippen molar-refractivity contribution in [1.82, 2.24) is 0 Å². The summed E-state index contributed by atoms with van der Waals surface area (Å²) in [4.78, 5) is 12.6. The van der Waals surface area contributed by atoms with Crippen LogP contribution in [0.25, 0.3) is 5.57 Å². The molecule has 0 atom stereocenters. The van der Waals surface area contributed by atoms with Crippen LogP contribution in [0.15, 0.2) is 47.2 Å². The first-order chi connectivity index (χ1) is 6.81. The van der Waals surface area contributed by atoms with Crippen LogP contribution in [-0.2, 0) is 9.53 Å². The summed E-state index contributed by atoms with van der Waals surface area (Å²) >= 11 is 3.16. The molecule has 3 heteroatoms. The van der Waals surface area contributed by atoms with Gasteiger partial charge in [-0.05, 0) is 5.56 Å². The second-order valence-electron chi connectivity index (χ2n) is 2.82. The molecule has 0 radical (unpaired) electrons. The number of rotatable bonds is 1. The van der Waals surface area contributed by atoms with Gasteiger partial charge in [0.1, 0.15) is 5.76 Å². The number of hydrogen-bond acceptors (Lipinski definition) is 2. The molecular weight excluding hydrogens is 244 g/mol. The lowest BCUT2D eigenvalue weighted by molar-refractivity contribution is -0.132. The van der Waals surface area contributed by atoms with Crippen molar-refractivity contribution in [3.63, 3.8) is 0 Å². The summed E-state index contributed by atoms with van der Waals surface area (Å²) < 4.78 is 4.96. The van der Waals surface area contributed by atoms with Crippen LogP contribution in [0.2, 0.25) is 0 Å². The van der Waals surface area contributed by atoms with Crippen molar-refractivity contribution < 1.29 is 9.53 Å². The highest BCUT2D eigenvalue weighted by molar-refractivity contribution is 9.11. The van der Waals surface area contributed by atoms with E-state index in [9.17, 15) is 4.79 Å². The predicted molar refractivity (Wildman–Crippen MR) is 57.5 cm³/mol. The molecule has 2 nitrogen and oxygen atoms in total.